The summed E-state index contributed by atoms with van der Waals surface area (Å²) in [5.74, 6) is 0.311. The highest BCUT2D eigenvalue weighted by atomic mass is 16.5. The van der Waals surface area contributed by atoms with Gasteiger partial charge in [-0.25, -0.2) is 9.78 Å². The molecule has 2 N–H and O–H groups in total. The predicted molar refractivity (Wildman–Crippen MR) is 106 cm³/mol. The van der Waals surface area contributed by atoms with Crippen molar-refractivity contribution < 1.29 is 19.4 Å². The van der Waals surface area contributed by atoms with Gasteiger partial charge in [-0.1, -0.05) is 24.6 Å². The number of benzene rings is 1. The Labute approximate surface area is 160 Å². The second-order valence-electron chi connectivity index (χ2n) is 6.74. The Bertz CT molecular complexity index is 806. The van der Waals surface area contributed by atoms with Gasteiger partial charge in [-0.15, -0.1) is 0 Å². The van der Waals surface area contributed by atoms with Gasteiger partial charge in [0, 0.05) is 11.7 Å². The average molecular weight is 372 g/mol. The molecule has 0 aliphatic rings. The fraction of sp³-hybridized carbons (Fsp3) is 0.429. The van der Waals surface area contributed by atoms with Crippen molar-refractivity contribution in [3.05, 3.63) is 46.1 Å². The molecule has 6 heteroatoms. The van der Waals surface area contributed by atoms with Gasteiger partial charge < -0.3 is 19.9 Å². The minimum absolute atomic E-state index is 0.0507. The summed E-state index contributed by atoms with van der Waals surface area (Å²) < 4.78 is 11.1. The number of methoxy groups -OCH3 is 1. The van der Waals surface area contributed by atoms with Crippen molar-refractivity contribution >= 4 is 11.7 Å². The monoisotopic (exact) mass is 372 g/mol. The number of esters is 1. The highest BCUT2D eigenvalue weighted by molar-refractivity contribution is 5.98. The molecule has 1 aromatic heterocycles. The summed E-state index contributed by atoms with van der Waals surface area (Å²) in [7, 11) is 1.32. The van der Waals surface area contributed by atoms with E-state index in [4.69, 9.17) is 9.47 Å². The standard InChI is InChI=1S/C21H28N2O4/c1-7-16(11-24)23-17-10-15(5)22-20(18(17)21(25)26-6)27-19-13(3)8-12(2)9-14(19)4/h8-10,16,24H,7,11H2,1-6H3,(H,22,23)/t16-/m0/s1. The first kappa shape index (κ1) is 20.7. The zero-order valence-corrected chi connectivity index (χ0v) is 16.8. The van der Waals surface area contributed by atoms with Crippen molar-refractivity contribution in [3.8, 4) is 11.6 Å². The summed E-state index contributed by atoms with van der Waals surface area (Å²) in [6.45, 7) is 9.67. The van der Waals surface area contributed by atoms with Gasteiger partial charge in [-0.2, -0.15) is 0 Å². The molecule has 0 unspecified atom stereocenters. The number of nitrogens with one attached hydrogen (secondary N) is 1. The van der Waals surface area contributed by atoms with E-state index in [-0.39, 0.29) is 24.1 Å². The largest absolute Gasteiger partial charge is 0.465 e. The van der Waals surface area contributed by atoms with Crippen molar-refractivity contribution in [1.29, 1.82) is 0 Å². The quantitative estimate of drug-likeness (QED) is 0.713. The number of carbonyl (C=O) groups is 1. The van der Waals surface area contributed by atoms with E-state index in [2.05, 4.69) is 10.3 Å². The van der Waals surface area contributed by atoms with E-state index >= 15 is 0 Å². The fourth-order valence-corrected chi connectivity index (χ4v) is 3.05. The third-order valence-electron chi connectivity index (χ3n) is 4.38. The van der Waals surface area contributed by atoms with Gasteiger partial charge in [-0.05, 0) is 51.3 Å². The van der Waals surface area contributed by atoms with Crippen molar-refractivity contribution in [3.63, 3.8) is 0 Å². The molecule has 0 fully saturated rings. The lowest BCUT2D eigenvalue weighted by Crippen LogP contribution is -2.24. The first-order valence-corrected chi connectivity index (χ1v) is 9.03. The van der Waals surface area contributed by atoms with E-state index in [9.17, 15) is 9.90 Å². The van der Waals surface area contributed by atoms with E-state index in [0.717, 1.165) is 16.7 Å². The lowest BCUT2D eigenvalue weighted by molar-refractivity contribution is 0.0598. The van der Waals surface area contributed by atoms with Gasteiger partial charge in [0.25, 0.3) is 0 Å². The molecule has 2 aromatic rings. The van der Waals surface area contributed by atoms with E-state index < -0.39 is 5.97 Å². The Balaban J connectivity index is 2.58. The van der Waals surface area contributed by atoms with Crippen LogP contribution in [0.4, 0.5) is 5.69 Å². The number of carbonyl (C=O) groups excluding carboxylic acids is 1. The summed E-state index contributed by atoms with van der Waals surface area (Å²) in [4.78, 5) is 16.9. The number of aromatic nitrogens is 1. The van der Waals surface area contributed by atoms with Crippen molar-refractivity contribution in [1.82, 2.24) is 4.98 Å². The maximum absolute atomic E-state index is 12.5. The number of hydrogen-bond acceptors (Lipinski definition) is 6. The highest BCUT2D eigenvalue weighted by Gasteiger charge is 2.24. The van der Waals surface area contributed by atoms with Gasteiger partial charge in [0.15, 0.2) is 0 Å². The predicted octanol–water partition coefficient (Wildman–Crippen LogP) is 4.08. The van der Waals surface area contributed by atoms with E-state index in [1.54, 1.807) is 6.07 Å². The first-order valence-electron chi connectivity index (χ1n) is 9.03. The number of rotatable bonds is 7. The van der Waals surface area contributed by atoms with Crippen LogP contribution >= 0.6 is 0 Å². The minimum Gasteiger partial charge on any atom is -0.465 e. The molecule has 0 amide bonds. The SMILES string of the molecule is CC[C@@H](CO)Nc1cc(C)nc(Oc2c(C)cc(C)cc2C)c1C(=O)OC. The van der Waals surface area contributed by atoms with Crippen LogP contribution in [0.3, 0.4) is 0 Å². The molecule has 6 nitrogen and oxygen atoms in total. The van der Waals surface area contributed by atoms with Crippen molar-refractivity contribution in [2.24, 2.45) is 0 Å². The summed E-state index contributed by atoms with van der Waals surface area (Å²) in [5.41, 5.74) is 4.50. The van der Waals surface area contributed by atoms with Crippen LogP contribution in [0, 0.1) is 27.7 Å². The van der Waals surface area contributed by atoms with Crippen LogP contribution in [0.15, 0.2) is 18.2 Å². The van der Waals surface area contributed by atoms with E-state index in [1.165, 1.54) is 7.11 Å². The zero-order chi connectivity index (χ0) is 20.1. The number of aliphatic hydroxyl groups is 1. The molecule has 0 aliphatic heterocycles. The Morgan fingerprint density at radius 1 is 1.19 bits per heavy atom. The third kappa shape index (κ3) is 4.77. The van der Waals surface area contributed by atoms with Gasteiger partial charge in [0.05, 0.1) is 19.4 Å². The molecule has 0 spiro atoms. The molecular formula is C21H28N2O4. The fourth-order valence-electron chi connectivity index (χ4n) is 3.05. The molecule has 0 bridgehead atoms. The molecule has 1 atom stereocenters. The lowest BCUT2D eigenvalue weighted by Gasteiger charge is -2.21. The highest BCUT2D eigenvalue weighted by Crippen LogP contribution is 2.34. The van der Waals surface area contributed by atoms with Crippen LogP contribution in [-0.2, 0) is 4.74 Å². The summed E-state index contributed by atoms with van der Waals surface area (Å²) in [6.07, 6.45) is 0.699. The molecule has 0 radical (unpaired) electrons. The molecule has 0 saturated carbocycles. The van der Waals surface area contributed by atoms with Crippen LogP contribution < -0.4 is 10.1 Å². The van der Waals surface area contributed by atoms with Crippen LogP contribution in [-0.4, -0.2) is 35.8 Å². The number of pyridine rings is 1. The number of hydrogen-bond donors (Lipinski definition) is 2. The molecule has 1 aromatic carbocycles. The number of anilines is 1. The topological polar surface area (TPSA) is 80.7 Å². The van der Waals surface area contributed by atoms with Gasteiger partial charge in [0.2, 0.25) is 5.88 Å². The van der Waals surface area contributed by atoms with Gasteiger partial charge in [-0.3, -0.25) is 0 Å². The molecular weight excluding hydrogens is 344 g/mol. The second kappa shape index (κ2) is 8.86. The van der Waals surface area contributed by atoms with Gasteiger partial charge >= 0.3 is 5.97 Å². The molecule has 0 saturated heterocycles. The van der Waals surface area contributed by atoms with Crippen LogP contribution in [0.25, 0.3) is 0 Å². The summed E-state index contributed by atoms with van der Waals surface area (Å²) in [5, 5.41) is 12.7. The average Bonchev–Trinajstić information content (AvgIpc) is 2.61. The Morgan fingerprint density at radius 2 is 1.81 bits per heavy atom. The number of aliphatic hydroxyl groups excluding tert-OH is 1. The normalized spacial score (nSPS) is 11.8. The maximum atomic E-state index is 12.5. The zero-order valence-electron chi connectivity index (χ0n) is 16.8. The lowest BCUT2D eigenvalue weighted by atomic mass is 10.1. The number of aryl methyl sites for hydroxylation is 4. The number of ether oxygens (including phenoxy) is 2. The second-order valence-corrected chi connectivity index (χ2v) is 6.74. The van der Waals surface area contributed by atoms with E-state index in [1.807, 2.05) is 46.8 Å². The first-order chi connectivity index (χ1) is 12.8. The molecule has 146 valence electrons. The van der Waals surface area contributed by atoms with Crippen LogP contribution in [0.2, 0.25) is 0 Å². The van der Waals surface area contributed by atoms with Crippen molar-refractivity contribution in [2.75, 3.05) is 19.0 Å². The molecule has 27 heavy (non-hydrogen) atoms. The molecule has 2 rings (SSSR count). The van der Waals surface area contributed by atoms with Gasteiger partial charge in [0.1, 0.15) is 11.3 Å². The Hall–Kier alpha value is -2.60. The van der Waals surface area contributed by atoms with E-state index in [0.29, 0.717) is 23.6 Å². The van der Waals surface area contributed by atoms with Crippen molar-refractivity contribution in [2.45, 2.75) is 47.1 Å². The van der Waals surface area contributed by atoms with Crippen LogP contribution in [0.5, 0.6) is 11.6 Å². The smallest absolute Gasteiger partial charge is 0.345 e. The maximum Gasteiger partial charge on any atom is 0.345 e. The Morgan fingerprint density at radius 3 is 2.33 bits per heavy atom. The minimum atomic E-state index is -0.546. The Kier molecular flexibility index (Phi) is 6.80. The molecule has 0 aliphatic carbocycles. The summed E-state index contributed by atoms with van der Waals surface area (Å²) >= 11 is 0. The number of nitrogens with zero attached hydrogens (tertiary/aromatic N) is 1. The summed E-state index contributed by atoms with van der Waals surface area (Å²) in [6, 6.07) is 5.61. The molecule has 1 heterocycles. The third-order valence-corrected chi connectivity index (χ3v) is 4.38. The van der Waals surface area contributed by atoms with Crippen LogP contribution in [0.1, 0.15) is 46.1 Å².